The van der Waals surface area contributed by atoms with E-state index >= 15 is 0 Å². The number of anilines is 1. The molecular weight excluding hydrogens is 366 g/mol. The lowest BCUT2D eigenvalue weighted by Gasteiger charge is -2.22. The van der Waals surface area contributed by atoms with Crippen LogP contribution in [0.3, 0.4) is 0 Å². The Balaban J connectivity index is 0.00000312. The first-order valence-electron chi connectivity index (χ1n) is 8.07. The fourth-order valence-corrected chi connectivity index (χ4v) is 3.64. The van der Waals surface area contributed by atoms with Crippen molar-refractivity contribution in [2.24, 2.45) is 5.92 Å². The number of carbonyl (C=O) groups excluding carboxylic acids is 1. The minimum Gasteiger partial charge on any atom is -0.492 e. The second kappa shape index (κ2) is 9.38. The van der Waals surface area contributed by atoms with Crippen LogP contribution in [0.25, 0.3) is 0 Å². The maximum atomic E-state index is 12.5. The number of ether oxygens (including phenoxy) is 1. The van der Waals surface area contributed by atoms with Gasteiger partial charge in [0.1, 0.15) is 10.6 Å². The van der Waals surface area contributed by atoms with Crippen LogP contribution >= 0.6 is 12.4 Å². The second-order valence-electron chi connectivity index (χ2n) is 5.90. The Labute approximate surface area is 155 Å². The molecule has 2 rings (SSSR count). The molecule has 0 unspecified atom stereocenters. The third-order valence-corrected chi connectivity index (χ3v) is 5.82. The molecule has 142 valence electrons. The zero-order chi connectivity index (χ0) is 17.7. The first-order valence-corrected chi connectivity index (χ1v) is 9.51. The van der Waals surface area contributed by atoms with E-state index in [0.29, 0.717) is 12.3 Å². The van der Waals surface area contributed by atoms with Gasteiger partial charge in [0.15, 0.2) is 0 Å². The molecule has 9 heteroatoms. The number of sulfonamides is 1. The fourth-order valence-electron chi connectivity index (χ4n) is 2.59. The molecule has 7 nitrogen and oxygen atoms in total. The van der Waals surface area contributed by atoms with Crippen molar-refractivity contribution in [1.29, 1.82) is 0 Å². The highest BCUT2D eigenvalue weighted by Gasteiger charge is 2.25. The summed E-state index contributed by atoms with van der Waals surface area (Å²) in [6, 6.07) is 4.70. The SMILES string of the molecule is CCOc1ccc(NC(=O)C2CCNCC2)cc1S(=O)(=O)N(C)C.Cl. The van der Waals surface area contributed by atoms with E-state index in [-0.39, 0.29) is 34.9 Å². The lowest BCUT2D eigenvalue weighted by atomic mass is 9.97. The zero-order valence-electron chi connectivity index (χ0n) is 14.7. The van der Waals surface area contributed by atoms with E-state index in [1.165, 1.54) is 20.2 Å². The molecule has 0 aliphatic carbocycles. The smallest absolute Gasteiger partial charge is 0.246 e. The van der Waals surface area contributed by atoms with Crippen molar-refractivity contribution in [2.45, 2.75) is 24.7 Å². The monoisotopic (exact) mass is 391 g/mol. The van der Waals surface area contributed by atoms with Crippen molar-refractivity contribution in [3.63, 3.8) is 0 Å². The normalized spacial score (nSPS) is 15.5. The quantitative estimate of drug-likeness (QED) is 0.770. The number of amides is 1. The molecule has 1 aliphatic heterocycles. The van der Waals surface area contributed by atoms with Gasteiger partial charge in [-0.1, -0.05) is 0 Å². The molecule has 1 aromatic carbocycles. The van der Waals surface area contributed by atoms with Gasteiger partial charge in [-0.05, 0) is 51.1 Å². The van der Waals surface area contributed by atoms with E-state index in [2.05, 4.69) is 10.6 Å². The lowest BCUT2D eigenvalue weighted by Crippen LogP contribution is -2.34. The van der Waals surface area contributed by atoms with Gasteiger partial charge in [-0.3, -0.25) is 4.79 Å². The van der Waals surface area contributed by atoms with Gasteiger partial charge < -0.3 is 15.4 Å². The molecule has 0 saturated carbocycles. The topological polar surface area (TPSA) is 87.7 Å². The summed E-state index contributed by atoms with van der Waals surface area (Å²) in [6.45, 7) is 3.79. The molecule has 2 N–H and O–H groups in total. The molecule has 1 saturated heterocycles. The zero-order valence-corrected chi connectivity index (χ0v) is 16.4. The summed E-state index contributed by atoms with van der Waals surface area (Å²) in [5.41, 5.74) is 0.461. The number of nitrogens with one attached hydrogen (secondary N) is 2. The molecule has 0 radical (unpaired) electrons. The number of carbonyl (C=O) groups is 1. The molecule has 1 heterocycles. The van der Waals surface area contributed by atoms with E-state index in [0.717, 1.165) is 30.2 Å². The number of piperidine rings is 1. The molecule has 1 aromatic rings. The van der Waals surface area contributed by atoms with Crippen LogP contribution in [-0.2, 0) is 14.8 Å². The maximum Gasteiger partial charge on any atom is 0.246 e. The van der Waals surface area contributed by atoms with Crippen LogP contribution < -0.4 is 15.4 Å². The number of benzene rings is 1. The number of hydrogen-bond donors (Lipinski definition) is 2. The van der Waals surface area contributed by atoms with Crippen LogP contribution in [0.1, 0.15) is 19.8 Å². The largest absolute Gasteiger partial charge is 0.492 e. The Kier molecular flexibility index (Phi) is 8.14. The summed E-state index contributed by atoms with van der Waals surface area (Å²) in [5, 5.41) is 6.04. The van der Waals surface area contributed by atoms with Crippen molar-refractivity contribution in [3.8, 4) is 5.75 Å². The number of hydrogen-bond acceptors (Lipinski definition) is 5. The van der Waals surface area contributed by atoms with Gasteiger partial charge in [-0.25, -0.2) is 12.7 Å². The van der Waals surface area contributed by atoms with Crippen molar-refractivity contribution < 1.29 is 17.9 Å². The molecule has 0 spiro atoms. The predicted molar refractivity (Wildman–Crippen MR) is 100.0 cm³/mol. The third-order valence-electron chi connectivity index (χ3n) is 3.98. The maximum absolute atomic E-state index is 12.5. The third kappa shape index (κ3) is 5.31. The van der Waals surface area contributed by atoms with Gasteiger partial charge in [-0.15, -0.1) is 12.4 Å². The van der Waals surface area contributed by atoms with Gasteiger partial charge in [0, 0.05) is 25.7 Å². The highest BCUT2D eigenvalue weighted by molar-refractivity contribution is 7.89. The number of rotatable bonds is 6. The number of nitrogens with zero attached hydrogens (tertiary/aromatic N) is 1. The van der Waals surface area contributed by atoms with Crippen LogP contribution in [0.5, 0.6) is 5.75 Å². The summed E-state index contributed by atoms with van der Waals surface area (Å²) in [5.74, 6) is 0.159. The van der Waals surface area contributed by atoms with Crippen molar-refractivity contribution in [1.82, 2.24) is 9.62 Å². The second-order valence-corrected chi connectivity index (χ2v) is 8.02. The first kappa shape index (κ1) is 21.7. The Bertz CT molecular complexity index is 689. The van der Waals surface area contributed by atoms with Crippen LogP contribution in [0, 0.1) is 5.92 Å². The van der Waals surface area contributed by atoms with Gasteiger partial charge in [0.25, 0.3) is 0 Å². The summed E-state index contributed by atoms with van der Waals surface area (Å²) < 4.78 is 31.5. The molecule has 1 aliphatic rings. The van der Waals surface area contributed by atoms with Crippen molar-refractivity contribution in [2.75, 3.05) is 39.1 Å². The average molecular weight is 392 g/mol. The van der Waals surface area contributed by atoms with Crippen LogP contribution in [0.4, 0.5) is 5.69 Å². The van der Waals surface area contributed by atoms with Crippen molar-refractivity contribution >= 4 is 34.0 Å². The average Bonchev–Trinajstić information content (AvgIpc) is 2.57. The van der Waals surface area contributed by atoms with Crippen LogP contribution in [0.2, 0.25) is 0 Å². The summed E-state index contributed by atoms with van der Waals surface area (Å²) in [6.07, 6.45) is 1.57. The first-order chi connectivity index (χ1) is 11.4. The van der Waals surface area contributed by atoms with Gasteiger partial charge in [0.05, 0.1) is 6.61 Å². The Morgan fingerprint density at radius 3 is 2.52 bits per heavy atom. The Morgan fingerprint density at radius 1 is 1.32 bits per heavy atom. The van der Waals surface area contributed by atoms with Gasteiger partial charge in [0.2, 0.25) is 15.9 Å². The summed E-state index contributed by atoms with van der Waals surface area (Å²) >= 11 is 0. The molecule has 0 bridgehead atoms. The minimum absolute atomic E-state index is 0. The van der Waals surface area contributed by atoms with Gasteiger partial charge in [-0.2, -0.15) is 0 Å². The minimum atomic E-state index is -3.67. The fraction of sp³-hybridized carbons (Fsp3) is 0.562. The number of halogens is 1. The molecule has 25 heavy (non-hydrogen) atoms. The highest BCUT2D eigenvalue weighted by Crippen LogP contribution is 2.29. The molecular formula is C16H26ClN3O4S. The summed E-state index contributed by atoms with van der Waals surface area (Å²) in [4.78, 5) is 12.4. The van der Waals surface area contributed by atoms with E-state index in [4.69, 9.17) is 4.74 Å². The van der Waals surface area contributed by atoms with Crippen LogP contribution in [-0.4, -0.2) is 52.4 Å². The van der Waals surface area contributed by atoms with E-state index in [1.807, 2.05) is 0 Å². The van der Waals surface area contributed by atoms with E-state index < -0.39 is 10.0 Å². The van der Waals surface area contributed by atoms with E-state index in [1.54, 1.807) is 19.1 Å². The molecule has 1 amide bonds. The van der Waals surface area contributed by atoms with E-state index in [9.17, 15) is 13.2 Å². The standard InChI is InChI=1S/C16H25N3O4S.ClH/c1-4-23-14-6-5-13(11-15(14)24(21,22)19(2)3)18-16(20)12-7-9-17-10-8-12;/h5-6,11-12,17H,4,7-10H2,1-3H3,(H,18,20);1H. The Morgan fingerprint density at radius 2 is 1.96 bits per heavy atom. The molecule has 1 fully saturated rings. The lowest BCUT2D eigenvalue weighted by molar-refractivity contribution is -0.120. The van der Waals surface area contributed by atoms with Crippen LogP contribution in [0.15, 0.2) is 23.1 Å². The van der Waals surface area contributed by atoms with Gasteiger partial charge >= 0.3 is 0 Å². The van der Waals surface area contributed by atoms with Crippen molar-refractivity contribution in [3.05, 3.63) is 18.2 Å². The predicted octanol–water partition coefficient (Wildman–Crippen LogP) is 1.70. The summed E-state index contributed by atoms with van der Waals surface area (Å²) in [7, 11) is -0.739. The molecule has 0 aromatic heterocycles. The molecule has 0 atom stereocenters. The highest BCUT2D eigenvalue weighted by atomic mass is 35.5. The Hall–Kier alpha value is -1.35.